The van der Waals surface area contributed by atoms with E-state index >= 15 is 0 Å². The van der Waals surface area contributed by atoms with Crippen LogP contribution in [0.25, 0.3) is 0 Å². The van der Waals surface area contributed by atoms with Gasteiger partial charge in [-0.15, -0.1) is 11.3 Å². The van der Waals surface area contributed by atoms with Gasteiger partial charge in [0.2, 0.25) is 0 Å². The van der Waals surface area contributed by atoms with Gasteiger partial charge in [0.05, 0.1) is 30.0 Å². The van der Waals surface area contributed by atoms with Gasteiger partial charge < -0.3 is 15.4 Å². The van der Waals surface area contributed by atoms with Crippen molar-refractivity contribution < 1.29 is 14.3 Å². The number of nitrogens with two attached hydrogens (primary N) is 1. The van der Waals surface area contributed by atoms with E-state index in [1.807, 2.05) is 0 Å². The van der Waals surface area contributed by atoms with E-state index in [-0.39, 0.29) is 17.8 Å². The van der Waals surface area contributed by atoms with Gasteiger partial charge in [-0.05, 0) is 12.5 Å². The van der Waals surface area contributed by atoms with E-state index in [1.54, 1.807) is 16.3 Å². The van der Waals surface area contributed by atoms with E-state index in [9.17, 15) is 9.59 Å². The number of esters is 1. The number of rotatable bonds is 2. The van der Waals surface area contributed by atoms with Crippen LogP contribution in [-0.2, 0) is 9.53 Å². The molecule has 1 atom stereocenters. The van der Waals surface area contributed by atoms with Crippen LogP contribution in [0.3, 0.4) is 0 Å². The molecule has 1 aromatic rings. The van der Waals surface area contributed by atoms with Crippen molar-refractivity contribution in [3.8, 4) is 11.8 Å². The molecular weight excluding hydrogens is 276 g/mol. The number of thiophene rings is 1. The number of nitrogens with zero attached hydrogens (tertiary/aromatic N) is 1. The number of amides is 1. The lowest BCUT2D eigenvalue weighted by atomic mass is 10.1. The summed E-state index contributed by atoms with van der Waals surface area (Å²) >= 11 is 1.42. The summed E-state index contributed by atoms with van der Waals surface area (Å²) in [5.74, 6) is 5.14. The molecule has 20 heavy (non-hydrogen) atoms. The van der Waals surface area contributed by atoms with Crippen LogP contribution in [0.1, 0.15) is 21.7 Å². The first-order chi connectivity index (χ1) is 9.65. The molecule has 0 saturated carbocycles. The maximum atomic E-state index is 12.3. The molecule has 0 aliphatic carbocycles. The fraction of sp³-hybridized carbons (Fsp3) is 0.429. The minimum absolute atomic E-state index is 0.0616. The Bertz CT molecular complexity index is 570. The van der Waals surface area contributed by atoms with E-state index in [2.05, 4.69) is 11.8 Å². The number of ether oxygens (including phenoxy) is 1. The Morgan fingerprint density at radius 2 is 2.40 bits per heavy atom. The molecule has 1 saturated heterocycles. The molecule has 1 amide bonds. The van der Waals surface area contributed by atoms with Crippen LogP contribution in [0.15, 0.2) is 11.4 Å². The molecule has 1 aliphatic heterocycles. The Labute approximate surface area is 121 Å². The average molecular weight is 292 g/mol. The van der Waals surface area contributed by atoms with Crippen molar-refractivity contribution in [2.45, 2.75) is 6.42 Å². The second-order valence-electron chi connectivity index (χ2n) is 4.47. The predicted molar refractivity (Wildman–Crippen MR) is 76.3 cm³/mol. The van der Waals surface area contributed by atoms with Gasteiger partial charge in [-0.25, -0.2) is 0 Å². The van der Waals surface area contributed by atoms with Gasteiger partial charge in [-0.1, -0.05) is 11.8 Å². The molecule has 1 fully saturated rings. The van der Waals surface area contributed by atoms with Crippen LogP contribution in [0.4, 0.5) is 0 Å². The fourth-order valence-electron chi connectivity index (χ4n) is 2.14. The van der Waals surface area contributed by atoms with Gasteiger partial charge in [-0.3, -0.25) is 9.59 Å². The molecule has 2 rings (SSSR count). The number of hydrogen-bond donors (Lipinski definition) is 1. The predicted octanol–water partition coefficient (Wildman–Crippen LogP) is 0.693. The molecule has 2 heterocycles. The quantitative estimate of drug-likeness (QED) is 0.643. The topological polar surface area (TPSA) is 72.6 Å². The van der Waals surface area contributed by atoms with Crippen LogP contribution in [0.2, 0.25) is 0 Å². The maximum absolute atomic E-state index is 12.3. The lowest BCUT2D eigenvalue weighted by Gasteiger charge is -2.14. The van der Waals surface area contributed by atoms with E-state index in [4.69, 9.17) is 10.5 Å². The molecule has 1 aromatic heterocycles. The molecule has 106 valence electrons. The van der Waals surface area contributed by atoms with Crippen molar-refractivity contribution >= 4 is 23.2 Å². The average Bonchev–Trinajstić information content (AvgIpc) is 3.12. The smallest absolute Gasteiger partial charge is 0.310 e. The zero-order chi connectivity index (χ0) is 14.5. The molecule has 0 radical (unpaired) electrons. The van der Waals surface area contributed by atoms with Crippen molar-refractivity contribution in [2.75, 3.05) is 26.7 Å². The first-order valence-corrected chi connectivity index (χ1v) is 7.18. The largest absolute Gasteiger partial charge is 0.469 e. The van der Waals surface area contributed by atoms with Crippen LogP contribution < -0.4 is 5.73 Å². The molecular formula is C14H16N2O3S. The van der Waals surface area contributed by atoms with E-state index < -0.39 is 0 Å². The fourth-order valence-corrected chi connectivity index (χ4v) is 2.89. The molecule has 0 spiro atoms. The summed E-state index contributed by atoms with van der Waals surface area (Å²) in [5.41, 5.74) is 5.92. The zero-order valence-electron chi connectivity index (χ0n) is 11.2. The third kappa shape index (κ3) is 3.18. The minimum atomic E-state index is -0.250. The number of hydrogen-bond acceptors (Lipinski definition) is 5. The first-order valence-electron chi connectivity index (χ1n) is 6.30. The number of carbonyl (C=O) groups excluding carboxylic acids is 2. The Morgan fingerprint density at radius 1 is 1.60 bits per heavy atom. The van der Waals surface area contributed by atoms with E-state index in [0.29, 0.717) is 31.6 Å². The summed E-state index contributed by atoms with van der Waals surface area (Å²) in [5, 5.41) is 1.79. The second-order valence-corrected chi connectivity index (χ2v) is 5.38. The third-order valence-electron chi connectivity index (χ3n) is 3.17. The minimum Gasteiger partial charge on any atom is -0.469 e. The second kappa shape index (κ2) is 6.55. The number of carbonyl (C=O) groups is 2. The molecule has 0 bridgehead atoms. The van der Waals surface area contributed by atoms with Crippen LogP contribution in [0, 0.1) is 17.8 Å². The summed E-state index contributed by atoms with van der Waals surface area (Å²) in [4.78, 5) is 26.3. The van der Waals surface area contributed by atoms with Crippen molar-refractivity contribution in [1.82, 2.24) is 4.90 Å². The zero-order valence-corrected chi connectivity index (χ0v) is 12.0. The molecule has 5 nitrogen and oxygen atoms in total. The molecule has 6 heteroatoms. The number of likely N-dealkylation sites (tertiary alicyclic amines) is 1. The van der Waals surface area contributed by atoms with Gasteiger partial charge in [0, 0.05) is 18.5 Å². The van der Waals surface area contributed by atoms with Gasteiger partial charge in [0.15, 0.2) is 0 Å². The van der Waals surface area contributed by atoms with E-state index in [1.165, 1.54) is 18.4 Å². The molecule has 0 aromatic carbocycles. The molecule has 1 aliphatic rings. The lowest BCUT2D eigenvalue weighted by molar-refractivity contribution is -0.144. The first kappa shape index (κ1) is 14.6. The van der Waals surface area contributed by atoms with Crippen molar-refractivity contribution in [1.29, 1.82) is 0 Å². The monoisotopic (exact) mass is 292 g/mol. The third-order valence-corrected chi connectivity index (χ3v) is 4.02. The van der Waals surface area contributed by atoms with Crippen LogP contribution >= 0.6 is 11.3 Å². The van der Waals surface area contributed by atoms with Crippen molar-refractivity contribution in [2.24, 2.45) is 11.7 Å². The van der Waals surface area contributed by atoms with Crippen LogP contribution in [0.5, 0.6) is 0 Å². The maximum Gasteiger partial charge on any atom is 0.310 e. The highest BCUT2D eigenvalue weighted by atomic mass is 32.1. The summed E-state index contributed by atoms with van der Waals surface area (Å²) in [6, 6.07) is 1.77. The molecule has 1 unspecified atom stereocenters. The Morgan fingerprint density at radius 3 is 3.10 bits per heavy atom. The highest BCUT2D eigenvalue weighted by molar-refractivity contribution is 7.10. The molecule has 2 N–H and O–H groups in total. The summed E-state index contributed by atoms with van der Waals surface area (Å²) < 4.78 is 4.71. The highest BCUT2D eigenvalue weighted by Crippen LogP contribution is 2.22. The van der Waals surface area contributed by atoms with Crippen molar-refractivity contribution in [3.05, 3.63) is 21.9 Å². The van der Waals surface area contributed by atoms with Gasteiger partial charge in [0.1, 0.15) is 0 Å². The Balaban J connectivity index is 2.02. The van der Waals surface area contributed by atoms with Crippen LogP contribution in [-0.4, -0.2) is 43.5 Å². The standard InChI is InChI=1S/C14H16N2O3S/c1-19-14(18)10-4-6-16(8-10)13(17)11-7-12(20-9-11)3-2-5-15/h7,9-10H,4-6,8,15H2,1H3. The van der Waals surface area contributed by atoms with Gasteiger partial charge in [0.25, 0.3) is 5.91 Å². The Hall–Kier alpha value is -1.84. The van der Waals surface area contributed by atoms with Gasteiger partial charge in [-0.2, -0.15) is 0 Å². The van der Waals surface area contributed by atoms with E-state index in [0.717, 1.165) is 4.88 Å². The summed E-state index contributed by atoms with van der Waals surface area (Å²) in [7, 11) is 1.37. The normalized spacial score (nSPS) is 17.5. The van der Waals surface area contributed by atoms with Gasteiger partial charge >= 0.3 is 5.97 Å². The summed E-state index contributed by atoms with van der Waals surface area (Å²) in [6.07, 6.45) is 0.655. The lowest BCUT2D eigenvalue weighted by Crippen LogP contribution is -2.29. The highest BCUT2D eigenvalue weighted by Gasteiger charge is 2.32. The SMILES string of the molecule is COC(=O)C1CCN(C(=O)c2csc(C#CCN)c2)C1. The van der Waals surface area contributed by atoms with Crippen molar-refractivity contribution in [3.63, 3.8) is 0 Å². The summed E-state index contributed by atoms with van der Waals surface area (Å²) in [6.45, 7) is 1.30. The number of methoxy groups -OCH3 is 1. The Kier molecular flexibility index (Phi) is 4.77.